The van der Waals surface area contributed by atoms with Crippen LogP contribution in [0.15, 0.2) is 54.6 Å². The van der Waals surface area contributed by atoms with Crippen LogP contribution in [0.2, 0.25) is 5.02 Å². The van der Waals surface area contributed by atoms with Gasteiger partial charge in [0.05, 0.1) is 0 Å². The van der Waals surface area contributed by atoms with E-state index in [9.17, 15) is 14.4 Å². The van der Waals surface area contributed by atoms with Crippen molar-refractivity contribution in [1.29, 1.82) is 0 Å². The first-order chi connectivity index (χ1) is 12.1. The van der Waals surface area contributed by atoms with Gasteiger partial charge in [-0.3, -0.25) is 14.4 Å². The maximum Gasteiger partial charge on any atom is 0.325 e. The molecule has 0 bridgehead atoms. The predicted octanol–water partition coefficient (Wildman–Crippen LogP) is 1.93. The van der Waals surface area contributed by atoms with Crippen LogP contribution in [0.1, 0.15) is 15.9 Å². The van der Waals surface area contributed by atoms with Gasteiger partial charge in [-0.15, -0.1) is 0 Å². The Morgan fingerprint density at radius 1 is 0.920 bits per heavy atom. The Kier molecular flexibility index (Phi) is 6.98. The van der Waals surface area contributed by atoms with E-state index in [0.29, 0.717) is 10.6 Å². The molecule has 0 unspecified atom stereocenters. The van der Waals surface area contributed by atoms with Crippen molar-refractivity contribution in [3.05, 3.63) is 70.7 Å². The molecule has 2 rings (SSSR count). The maximum absolute atomic E-state index is 11.8. The van der Waals surface area contributed by atoms with E-state index in [4.69, 9.17) is 16.3 Å². The minimum absolute atomic E-state index is 0.237. The lowest BCUT2D eigenvalue weighted by atomic mass is 10.2. The molecular formula is C18H17ClN2O4. The van der Waals surface area contributed by atoms with Gasteiger partial charge in [-0.1, -0.05) is 48.0 Å². The minimum Gasteiger partial charge on any atom is -0.454 e. The first kappa shape index (κ1) is 18.5. The number of amides is 2. The van der Waals surface area contributed by atoms with Gasteiger partial charge in [0, 0.05) is 17.1 Å². The van der Waals surface area contributed by atoms with Crippen LogP contribution in [0.25, 0.3) is 0 Å². The van der Waals surface area contributed by atoms with Gasteiger partial charge in [-0.25, -0.2) is 0 Å². The Morgan fingerprint density at radius 3 is 2.32 bits per heavy atom. The summed E-state index contributed by atoms with van der Waals surface area (Å²) in [6.07, 6.45) is 0. The summed E-state index contributed by atoms with van der Waals surface area (Å²) in [5.41, 5.74) is 1.20. The first-order valence-electron chi connectivity index (χ1n) is 7.55. The Hall–Kier alpha value is -2.86. The van der Waals surface area contributed by atoms with Crippen LogP contribution in [0.4, 0.5) is 0 Å². The van der Waals surface area contributed by atoms with Crippen LogP contribution in [-0.4, -0.2) is 30.9 Å². The molecule has 0 aliphatic rings. The number of hydrogen-bond donors (Lipinski definition) is 2. The fraction of sp³-hybridized carbons (Fsp3) is 0.167. The molecule has 2 amide bonds. The van der Waals surface area contributed by atoms with Crippen molar-refractivity contribution < 1.29 is 19.1 Å². The number of nitrogens with one attached hydrogen (secondary N) is 2. The van der Waals surface area contributed by atoms with Crippen LogP contribution >= 0.6 is 11.6 Å². The average molecular weight is 361 g/mol. The molecule has 6 nitrogen and oxygen atoms in total. The molecule has 2 N–H and O–H groups in total. The largest absolute Gasteiger partial charge is 0.454 e. The SMILES string of the molecule is O=C(COC(=O)CNC(=O)c1ccccc1)NCc1ccccc1Cl. The molecule has 2 aromatic rings. The zero-order valence-corrected chi connectivity index (χ0v) is 14.1. The molecule has 0 radical (unpaired) electrons. The van der Waals surface area contributed by atoms with Gasteiger partial charge in [-0.05, 0) is 23.8 Å². The van der Waals surface area contributed by atoms with Gasteiger partial charge >= 0.3 is 5.97 Å². The highest BCUT2D eigenvalue weighted by molar-refractivity contribution is 6.31. The highest BCUT2D eigenvalue weighted by Gasteiger charge is 2.10. The van der Waals surface area contributed by atoms with Crippen molar-refractivity contribution in [3.63, 3.8) is 0 Å². The van der Waals surface area contributed by atoms with Crippen molar-refractivity contribution in [2.45, 2.75) is 6.54 Å². The van der Waals surface area contributed by atoms with Crippen molar-refractivity contribution >= 4 is 29.4 Å². The fourth-order valence-corrected chi connectivity index (χ4v) is 2.13. The first-order valence-corrected chi connectivity index (χ1v) is 7.93. The molecule has 0 heterocycles. The summed E-state index contributed by atoms with van der Waals surface area (Å²) in [7, 11) is 0. The molecule has 0 saturated carbocycles. The molecule has 0 saturated heterocycles. The van der Waals surface area contributed by atoms with E-state index in [1.807, 2.05) is 6.07 Å². The van der Waals surface area contributed by atoms with Gasteiger partial charge in [0.2, 0.25) is 0 Å². The Bertz CT molecular complexity index is 750. The van der Waals surface area contributed by atoms with E-state index in [0.717, 1.165) is 5.56 Å². The highest BCUT2D eigenvalue weighted by Crippen LogP contribution is 2.14. The Balaban J connectivity index is 1.66. The molecule has 0 spiro atoms. The molecule has 0 aromatic heterocycles. The Labute approximate surface area is 150 Å². The van der Waals surface area contributed by atoms with E-state index in [1.54, 1.807) is 48.5 Å². The maximum atomic E-state index is 11.8. The second-order valence-corrected chi connectivity index (χ2v) is 5.48. The lowest BCUT2D eigenvalue weighted by Crippen LogP contribution is -2.33. The van der Waals surface area contributed by atoms with Crippen LogP contribution in [-0.2, 0) is 20.9 Å². The van der Waals surface area contributed by atoms with E-state index in [2.05, 4.69) is 10.6 Å². The molecule has 0 aliphatic heterocycles. The summed E-state index contributed by atoms with van der Waals surface area (Å²) >= 11 is 5.98. The molecule has 25 heavy (non-hydrogen) atoms. The molecule has 0 aliphatic carbocycles. The number of esters is 1. The number of carbonyl (C=O) groups excluding carboxylic acids is 3. The second-order valence-electron chi connectivity index (χ2n) is 5.08. The zero-order chi connectivity index (χ0) is 18.1. The van der Waals surface area contributed by atoms with Crippen molar-refractivity contribution in [1.82, 2.24) is 10.6 Å². The van der Waals surface area contributed by atoms with Gasteiger partial charge in [0.15, 0.2) is 6.61 Å². The molecule has 0 fully saturated rings. The Morgan fingerprint density at radius 2 is 1.60 bits per heavy atom. The summed E-state index contributed by atoms with van der Waals surface area (Å²) in [4.78, 5) is 35.0. The summed E-state index contributed by atoms with van der Waals surface area (Å²) < 4.78 is 4.81. The summed E-state index contributed by atoms with van der Waals surface area (Å²) in [5, 5.41) is 5.57. The summed E-state index contributed by atoms with van der Waals surface area (Å²) in [6.45, 7) is -0.503. The van der Waals surface area contributed by atoms with Gasteiger partial charge in [-0.2, -0.15) is 0 Å². The molecule has 130 valence electrons. The van der Waals surface area contributed by atoms with Gasteiger partial charge in [0.25, 0.3) is 11.8 Å². The fourth-order valence-electron chi connectivity index (χ4n) is 1.93. The van der Waals surface area contributed by atoms with Crippen LogP contribution in [0.3, 0.4) is 0 Å². The van der Waals surface area contributed by atoms with Crippen molar-refractivity contribution in [2.75, 3.05) is 13.2 Å². The number of halogens is 1. The predicted molar refractivity (Wildman–Crippen MR) is 93.0 cm³/mol. The third-order valence-corrected chi connectivity index (χ3v) is 3.60. The van der Waals surface area contributed by atoms with E-state index >= 15 is 0 Å². The third-order valence-electron chi connectivity index (χ3n) is 3.23. The van der Waals surface area contributed by atoms with E-state index in [-0.39, 0.29) is 19.0 Å². The van der Waals surface area contributed by atoms with E-state index in [1.165, 1.54) is 0 Å². The summed E-state index contributed by atoms with van der Waals surface area (Å²) in [5.74, 6) is -1.54. The minimum atomic E-state index is -0.697. The number of hydrogen-bond acceptors (Lipinski definition) is 4. The quantitative estimate of drug-likeness (QED) is 0.739. The lowest BCUT2D eigenvalue weighted by molar-refractivity contribution is -0.147. The van der Waals surface area contributed by atoms with Crippen LogP contribution < -0.4 is 10.6 Å². The van der Waals surface area contributed by atoms with E-state index < -0.39 is 18.5 Å². The molecule has 7 heteroatoms. The van der Waals surface area contributed by atoms with Crippen molar-refractivity contribution in [3.8, 4) is 0 Å². The number of rotatable bonds is 7. The zero-order valence-electron chi connectivity index (χ0n) is 13.3. The number of benzene rings is 2. The van der Waals surface area contributed by atoms with Crippen LogP contribution in [0, 0.1) is 0 Å². The molecular weight excluding hydrogens is 344 g/mol. The van der Waals surface area contributed by atoms with Crippen LogP contribution in [0.5, 0.6) is 0 Å². The van der Waals surface area contributed by atoms with Gasteiger partial charge < -0.3 is 15.4 Å². The average Bonchev–Trinajstić information content (AvgIpc) is 2.64. The highest BCUT2D eigenvalue weighted by atomic mass is 35.5. The second kappa shape index (κ2) is 9.44. The normalized spacial score (nSPS) is 9.96. The van der Waals surface area contributed by atoms with Crippen molar-refractivity contribution in [2.24, 2.45) is 0 Å². The standard InChI is InChI=1S/C18H17ClN2O4/c19-15-9-5-4-8-14(15)10-20-16(22)12-25-17(23)11-21-18(24)13-6-2-1-3-7-13/h1-9H,10-12H2,(H,20,22)(H,21,24). The van der Waals surface area contributed by atoms with Gasteiger partial charge in [0.1, 0.15) is 6.54 Å². The molecule has 0 atom stereocenters. The lowest BCUT2D eigenvalue weighted by Gasteiger charge is -2.08. The monoisotopic (exact) mass is 360 g/mol. The summed E-state index contributed by atoms with van der Waals surface area (Å²) in [6, 6.07) is 15.6. The molecule has 2 aromatic carbocycles. The number of carbonyl (C=O) groups is 3. The number of ether oxygens (including phenoxy) is 1. The smallest absolute Gasteiger partial charge is 0.325 e. The topological polar surface area (TPSA) is 84.5 Å². The third kappa shape index (κ3) is 6.27.